The molecular formula is C9H12OS. The predicted molar refractivity (Wildman–Crippen MR) is 48.6 cm³/mol. The van der Waals surface area contributed by atoms with Crippen molar-refractivity contribution in [1.82, 2.24) is 0 Å². The normalized spacial score (nSPS) is 35.6. The number of rotatable bonds is 1. The smallest absolute Gasteiger partial charge is 0.128 e. The van der Waals surface area contributed by atoms with Crippen LogP contribution in [-0.4, -0.2) is 17.1 Å². The van der Waals surface area contributed by atoms with Crippen molar-refractivity contribution in [3.63, 3.8) is 0 Å². The molecule has 1 saturated heterocycles. The van der Waals surface area contributed by atoms with Crippen molar-refractivity contribution in [3.05, 3.63) is 24.5 Å². The van der Waals surface area contributed by atoms with E-state index in [1.54, 1.807) is 6.26 Å². The number of hydrogen-bond donors (Lipinski definition) is 0. The molecule has 11 heavy (non-hydrogen) atoms. The first-order chi connectivity index (χ1) is 5.47. The first-order valence-electron chi connectivity index (χ1n) is 4.07. The van der Waals surface area contributed by atoms with Gasteiger partial charge < -0.3 is 4.74 Å². The van der Waals surface area contributed by atoms with Crippen molar-refractivity contribution >= 4 is 11.8 Å². The molecule has 0 N–H and O–H groups in total. The summed E-state index contributed by atoms with van der Waals surface area (Å²) in [6.45, 7) is 0. The SMILES string of the molecule is C1=COC(C2CCCS2)C=C1. The van der Waals surface area contributed by atoms with Crippen LogP contribution in [0.1, 0.15) is 12.8 Å². The summed E-state index contributed by atoms with van der Waals surface area (Å²) >= 11 is 2.04. The van der Waals surface area contributed by atoms with Gasteiger partial charge in [-0.1, -0.05) is 6.08 Å². The number of allylic oxidation sites excluding steroid dienone is 2. The third-order valence-electron chi connectivity index (χ3n) is 2.06. The van der Waals surface area contributed by atoms with Crippen LogP contribution in [0, 0.1) is 0 Å². The Morgan fingerprint density at radius 3 is 3.00 bits per heavy atom. The van der Waals surface area contributed by atoms with Crippen molar-refractivity contribution in [1.29, 1.82) is 0 Å². The molecule has 0 aromatic carbocycles. The van der Waals surface area contributed by atoms with Gasteiger partial charge in [-0.3, -0.25) is 0 Å². The van der Waals surface area contributed by atoms with E-state index >= 15 is 0 Å². The van der Waals surface area contributed by atoms with Crippen LogP contribution in [0.4, 0.5) is 0 Å². The second-order valence-electron chi connectivity index (χ2n) is 2.87. The van der Waals surface area contributed by atoms with Gasteiger partial charge in [-0.25, -0.2) is 0 Å². The minimum atomic E-state index is 0.340. The minimum absolute atomic E-state index is 0.340. The molecule has 0 radical (unpaired) electrons. The summed E-state index contributed by atoms with van der Waals surface area (Å²) in [4.78, 5) is 0. The minimum Gasteiger partial charge on any atom is -0.493 e. The second kappa shape index (κ2) is 3.35. The van der Waals surface area contributed by atoms with Gasteiger partial charge in [0.05, 0.1) is 6.26 Å². The molecule has 2 unspecified atom stereocenters. The highest BCUT2D eigenvalue weighted by molar-refractivity contribution is 8.00. The summed E-state index contributed by atoms with van der Waals surface area (Å²) in [6.07, 6.45) is 11.0. The second-order valence-corrected chi connectivity index (χ2v) is 4.21. The number of ether oxygens (including phenoxy) is 1. The molecule has 2 heteroatoms. The molecule has 2 rings (SSSR count). The van der Waals surface area contributed by atoms with Crippen molar-refractivity contribution in [2.24, 2.45) is 0 Å². The Balaban J connectivity index is 1.94. The standard InChI is InChI=1S/C9H12OS/c1-2-6-10-8(4-1)9-5-3-7-11-9/h1-2,4,6,8-9H,3,5,7H2. The van der Waals surface area contributed by atoms with E-state index in [-0.39, 0.29) is 0 Å². The topological polar surface area (TPSA) is 9.23 Å². The molecule has 2 atom stereocenters. The van der Waals surface area contributed by atoms with Crippen molar-refractivity contribution in [2.45, 2.75) is 24.2 Å². The van der Waals surface area contributed by atoms with Crippen LogP contribution in [0.5, 0.6) is 0 Å². The Morgan fingerprint density at radius 2 is 2.36 bits per heavy atom. The van der Waals surface area contributed by atoms with Crippen molar-refractivity contribution < 1.29 is 4.74 Å². The van der Waals surface area contributed by atoms with E-state index in [1.807, 2.05) is 17.8 Å². The number of hydrogen-bond acceptors (Lipinski definition) is 2. The molecule has 0 amide bonds. The van der Waals surface area contributed by atoms with E-state index in [2.05, 4.69) is 12.2 Å². The van der Waals surface area contributed by atoms with Crippen LogP contribution < -0.4 is 0 Å². The molecule has 2 aliphatic heterocycles. The summed E-state index contributed by atoms with van der Waals surface area (Å²) in [6, 6.07) is 0. The Morgan fingerprint density at radius 1 is 1.36 bits per heavy atom. The molecule has 0 spiro atoms. The Labute approximate surface area is 71.5 Å². The summed E-state index contributed by atoms with van der Waals surface area (Å²) in [5.41, 5.74) is 0. The van der Waals surface area contributed by atoms with Crippen LogP contribution in [0.2, 0.25) is 0 Å². The van der Waals surface area contributed by atoms with Gasteiger partial charge in [-0.15, -0.1) is 0 Å². The Hall–Kier alpha value is -0.370. The maximum Gasteiger partial charge on any atom is 0.128 e. The average Bonchev–Trinajstić information content (AvgIpc) is 2.58. The van der Waals surface area contributed by atoms with Gasteiger partial charge in [-0.2, -0.15) is 11.8 Å². The summed E-state index contributed by atoms with van der Waals surface area (Å²) < 4.78 is 5.47. The number of thioether (sulfide) groups is 1. The average molecular weight is 168 g/mol. The summed E-state index contributed by atoms with van der Waals surface area (Å²) in [5.74, 6) is 1.31. The zero-order valence-corrected chi connectivity index (χ0v) is 7.22. The largest absolute Gasteiger partial charge is 0.493 e. The van der Waals surface area contributed by atoms with Gasteiger partial charge in [0.25, 0.3) is 0 Å². The highest BCUT2D eigenvalue weighted by Gasteiger charge is 2.24. The first-order valence-corrected chi connectivity index (χ1v) is 5.12. The van der Waals surface area contributed by atoms with Crippen LogP contribution in [-0.2, 0) is 4.74 Å². The third-order valence-corrected chi connectivity index (χ3v) is 3.51. The lowest BCUT2D eigenvalue weighted by molar-refractivity contribution is 0.179. The van der Waals surface area contributed by atoms with Crippen LogP contribution in [0.25, 0.3) is 0 Å². The van der Waals surface area contributed by atoms with Gasteiger partial charge >= 0.3 is 0 Å². The fourth-order valence-electron chi connectivity index (χ4n) is 1.47. The van der Waals surface area contributed by atoms with E-state index < -0.39 is 0 Å². The van der Waals surface area contributed by atoms with E-state index in [4.69, 9.17) is 4.74 Å². The molecule has 2 aliphatic rings. The lowest BCUT2D eigenvalue weighted by atomic mass is 10.1. The zero-order valence-electron chi connectivity index (χ0n) is 6.40. The monoisotopic (exact) mass is 168 g/mol. The van der Waals surface area contributed by atoms with E-state index in [1.165, 1.54) is 18.6 Å². The van der Waals surface area contributed by atoms with Crippen LogP contribution in [0.15, 0.2) is 24.5 Å². The van der Waals surface area contributed by atoms with Crippen LogP contribution in [0.3, 0.4) is 0 Å². The molecule has 60 valence electrons. The molecular weight excluding hydrogens is 156 g/mol. The quantitative estimate of drug-likeness (QED) is 0.594. The fraction of sp³-hybridized carbons (Fsp3) is 0.556. The summed E-state index contributed by atoms with van der Waals surface area (Å²) in [5, 5.41) is 0.705. The van der Waals surface area contributed by atoms with Crippen molar-refractivity contribution in [2.75, 3.05) is 5.75 Å². The maximum atomic E-state index is 5.47. The third kappa shape index (κ3) is 1.62. The molecule has 0 aromatic rings. The van der Waals surface area contributed by atoms with Gasteiger partial charge in [-0.05, 0) is 30.7 Å². The van der Waals surface area contributed by atoms with Gasteiger partial charge in [0.1, 0.15) is 6.10 Å². The van der Waals surface area contributed by atoms with E-state index in [0.717, 1.165) is 0 Å². The van der Waals surface area contributed by atoms with E-state index in [9.17, 15) is 0 Å². The van der Waals surface area contributed by atoms with Crippen molar-refractivity contribution in [3.8, 4) is 0 Å². The van der Waals surface area contributed by atoms with E-state index in [0.29, 0.717) is 11.4 Å². The maximum absolute atomic E-state index is 5.47. The molecule has 0 saturated carbocycles. The molecule has 0 aromatic heterocycles. The molecule has 0 aliphatic carbocycles. The Bertz CT molecular complexity index is 180. The lowest BCUT2D eigenvalue weighted by Gasteiger charge is -2.20. The van der Waals surface area contributed by atoms with Crippen LogP contribution >= 0.6 is 11.8 Å². The highest BCUT2D eigenvalue weighted by Crippen LogP contribution is 2.31. The predicted octanol–water partition coefficient (Wildman–Crippen LogP) is 2.35. The van der Waals surface area contributed by atoms with Gasteiger partial charge in [0, 0.05) is 5.25 Å². The zero-order chi connectivity index (χ0) is 7.52. The fourth-order valence-corrected chi connectivity index (χ4v) is 2.79. The molecule has 1 fully saturated rings. The lowest BCUT2D eigenvalue weighted by Crippen LogP contribution is -2.21. The highest BCUT2D eigenvalue weighted by atomic mass is 32.2. The summed E-state index contributed by atoms with van der Waals surface area (Å²) in [7, 11) is 0. The molecule has 1 nitrogen and oxygen atoms in total. The Kier molecular flexibility index (Phi) is 2.22. The van der Waals surface area contributed by atoms with Gasteiger partial charge in [0.15, 0.2) is 0 Å². The first kappa shape index (κ1) is 7.29. The molecule has 0 bridgehead atoms. The molecule has 2 heterocycles. The van der Waals surface area contributed by atoms with Gasteiger partial charge in [0.2, 0.25) is 0 Å².